The highest BCUT2D eigenvalue weighted by Gasteiger charge is 2.28. The summed E-state index contributed by atoms with van der Waals surface area (Å²) in [4.78, 5) is 4.37. The van der Waals surface area contributed by atoms with E-state index in [4.69, 9.17) is 10.5 Å². The summed E-state index contributed by atoms with van der Waals surface area (Å²) in [5.74, 6) is 0. The first-order chi connectivity index (χ1) is 11.5. The van der Waals surface area contributed by atoms with Crippen LogP contribution in [0.5, 0.6) is 0 Å². The lowest BCUT2D eigenvalue weighted by atomic mass is 9.91. The minimum absolute atomic E-state index is 0.126. The maximum atomic E-state index is 9.01. The molecule has 0 aliphatic heterocycles. The summed E-state index contributed by atoms with van der Waals surface area (Å²) < 4.78 is 0. The van der Waals surface area contributed by atoms with Crippen molar-refractivity contribution in [1.29, 1.82) is 10.5 Å². The Labute approximate surface area is 144 Å². The van der Waals surface area contributed by atoms with Gasteiger partial charge in [0, 0.05) is 0 Å². The zero-order valence-electron chi connectivity index (χ0n) is 14.6. The van der Waals surface area contributed by atoms with Gasteiger partial charge in [0.1, 0.15) is 0 Å². The van der Waals surface area contributed by atoms with E-state index in [-0.39, 0.29) is 12.1 Å². The van der Waals surface area contributed by atoms with Gasteiger partial charge in [-0.25, -0.2) is 0 Å². The van der Waals surface area contributed by atoms with Crippen LogP contribution in [0.4, 0.5) is 0 Å². The van der Waals surface area contributed by atoms with Crippen LogP contribution in [0.15, 0.2) is 48.5 Å². The van der Waals surface area contributed by atoms with Gasteiger partial charge in [0.25, 0.3) is 0 Å². The quantitative estimate of drug-likeness (QED) is 0.848. The molecule has 2 atom stereocenters. The van der Waals surface area contributed by atoms with Gasteiger partial charge in [0.2, 0.25) is 0 Å². The molecule has 2 unspecified atom stereocenters. The molecule has 122 valence electrons. The number of nitrogens with zero attached hydrogens (tertiary/aromatic N) is 4. The summed E-state index contributed by atoms with van der Waals surface area (Å²) in [5, 5.41) is 18.0. The van der Waals surface area contributed by atoms with Gasteiger partial charge >= 0.3 is 0 Å². The van der Waals surface area contributed by atoms with E-state index in [0.717, 1.165) is 11.1 Å². The first-order valence-corrected chi connectivity index (χ1v) is 7.81. The van der Waals surface area contributed by atoms with E-state index < -0.39 is 0 Å². The number of hydrogen-bond acceptors (Lipinski definition) is 4. The Morgan fingerprint density at radius 3 is 1.12 bits per heavy atom. The topological polar surface area (TPSA) is 54.1 Å². The highest BCUT2D eigenvalue weighted by atomic mass is 15.2. The van der Waals surface area contributed by atoms with Crippen LogP contribution >= 0.6 is 0 Å². The summed E-state index contributed by atoms with van der Waals surface area (Å²) in [6.07, 6.45) is 0. The Morgan fingerprint density at radius 2 is 0.917 bits per heavy atom. The molecule has 0 heterocycles. The Bertz CT molecular complexity index is 679. The van der Waals surface area contributed by atoms with Crippen LogP contribution < -0.4 is 0 Å². The van der Waals surface area contributed by atoms with Gasteiger partial charge < -0.3 is 9.80 Å². The summed E-state index contributed by atoms with van der Waals surface area (Å²) in [6, 6.07) is 20.1. The summed E-state index contributed by atoms with van der Waals surface area (Å²) in [5.41, 5.74) is 3.64. The molecule has 0 aliphatic carbocycles. The SMILES string of the molecule is CN(C)C(c1ccc(C#N)cc1)C(c1ccc(C#N)cc1)N(C)C. The van der Waals surface area contributed by atoms with Crippen LogP contribution in [-0.2, 0) is 0 Å². The molecule has 2 rings (SSSR count). The molecule has 0 fully saturated rings. The summed E-state index contributed by atoms with van der Waals surface area (Å²) >= 11 is 0. The Morgan fingerprint density at radius 1 is 0.625 bits per heavy atom. The molecular weight excluding hydrogens is 296 g/mol. The van der Waals surface area contributed by atoms with Gasteiger partial charge in [-0.05, 0) is 63.6 Å². The standard InChI is InChI=1S/C20H22N4/c1-23(2)19(17-9-5-15(13-21)6-10-17)20(24(3)4)18-11-7-16(14-22)8-12-18/h5-12,19-20H,1-4H3. The lowest BCUT2D eigenvalue weighted by molar-refractivity contribution is 0.152. The number of nitriles is 2. The average Bonchev–Trinajstić information content (AvgIpc) is 2.59. The second kappa shape index (κ2) is 7.75. The van der Waals surface area contributed by atoms with E-state index in [0.29, 0.717) is 11.1 Å². The summed E-state index contributed by atoms with van der Waals surface area (Å²) in [6.45, 7) is 0. The van der Waals surface area contributed by atoms with Crippen LogP contribution in [0.3, 0.4) is 0 Å². The molecule has 0 bridgehead atoms. The number of benzene rings is 2. The highest BCUT2D eigenvalue weighted by Crippen LogP contribution is 2.36. The molecule has 0 aliphatic rings. The van der Waals surface area contributed by atoms with Crippen molar-refractivity contribution in [3.63, 3.8) is 0 Å². The Hall–Kier alpha value is -2.66. The lowest BCUT2D eigenvalue weighted by Gasteiger charge is -2.37. The lowest BCUT2D eigenvalue weighted by Crippen LogP contribution is -2.34. The van der Waals surface area contributed by atoms with E-state index >= 15 is 0 Å². The molecule has 2 aromatic carbocycles. The molecule has 0 N–H and O–H groups in total. The molecule has 0 aromatic heterocycles. The first kappa shape index (κ1) is 17.7. The van der Waals surface area contributed by atoms with Crippen molar-refractivity contribution in [3.05, 3.63) is 70.8 Å². The Kier molecular flexibility index (Phi) is 5.71. The fraction of sp³-hybridized carbons (Fsp3) is 0.300. The minimum Gasteiger partial charge on any atom is -0.301 e. The molecule has 2 aromatic rings. The third kappa shape index (κ3) is 3.81. The second-order valence-electron chi connectivity index (χ2n) is 6.28. The van der Waals surface area contributed by atoms with Crippen molar-refractivity contribution in [2.45, 2.75) is 12.1 Å². The van der Waals surface area contributed by atoms with Crippen molar-refractivity contribution >= 4 is 0 Å². The number of rotatable bonds is 5. The molecule has 0 saturated carbocycles. The molecule has 4 heteroatoms. The van der Waals surface area contributed by atoms with E-state index in [1.807, 2.05) is 48.5 Å². The van der Waals surface area contributed by atoms with E-state index in [1.165, 1.54) is 0 Å². The molecule has 0 spiro atoms. The van der Waals surface area contributed by atoms with E-state index in [2.05, 4.69) is 50.1 Å². The monoisotopic (exact) mass is 318 g/mol. The molecular formula is C20H22N4. The third-order valence-corrected chi connectivity index (χ3v) is 4.17. The fourth-order valence-electron chi connectivity index (χ4n) is 3.04. The van der Waals surface area contributed by atoms with Gasteiger partial charge in [-0.2, -0.15) is 10.5 Å². The maximum Gasteiger partial charge on any atom is 0.0991 e. The third-order valence-electron chi connectivity index (χ3n) is 4.17. The molecule has 24 heavy (non-hydrogen) atoms. The van der Waals surface area contributed by atoms with Gasteiger partial charge in [-0.1, -0.05) is 24.3 Å². The van der Waals surface area contributed by atoms with Crippen molar-refractivity contribution in [3.8, 4) is 12.1 Å². The second-order valence-corrected chi connectivity index (χ2v) is 6.28. The fourth-order valence-corrected chi connectivity index (χ4v) is 3.04. The van der Waals surface area contributed by atoms with E-state index in [1.54, 1.807) is 0 Å². The van der Waals surface area contributed by atoms with Gasteiger partial charge in [-0.15, -0.1) is 0 Å². The predicted octanol–water partition coefficient (Wildman–Crippen LogP) is 3.34. The normalized spacial score (nSPS) is 13.3. The molecule has 4 nitrogen and oxygen atoms in total. The zero-order chi connectivity index (χ0) is 17.7. The zero-order valence-corrected chi connectivity index (χ0v) is 14.6. The van der Waals surface area contributed by atoms with Crippen LogP contribution in [0.2, 0.25) is 0 Å². The van der Waals surface area contributed by atoms with Crippen LogP contribution in [0, 0.1) is 22.7 Å². The van der Waals surface area contributed by atoms with Crippen molar-refractivity contribution in [2.24, 2.45) is 0 Å². The molecule has 0 saturated heterocycles. The van der Waals surface area contributed by atoms with Crippen LogP contribution in [-0.4, -0.2) is 38.0 Å². The van der Waals surface area contributed by atoms with Crippen molar-refractivity contribution in [2.75, 3.05) is 28.2 Å². The van der Waals surface area contributed by atoms with Gasteiger partial charge in [0.15, 0.2) is 0 Å². The predicted molar refractivity (Wildman–Crippen MR) is 95.2 cm³/mol. The number of hydrogen-bond donors (Lipinski definition) is 0. The average molecular weight is 318 g/mol. The van der Waals surface area contributed by atoms with Crippen molar-refractivity contribution < 1.29 is 0 Å². The highest BCUT2D eigenvalue weighted by molar-refractivity contribution is 5.37. The summed E-state index contributed by atoms with van der Waals surface area (Å²) in [7, 11) is 8.23. The van der Waals surface area contributed by atoms with Gasteiger partial charge in [-0.3, -0.25) is 0 Å². The van der Waals surface area contributed by atoms with E-state index in [9.17, 15) is 0 Å². The van der Waals surface area contributed by atoms with Crippen LogP contribution in [0.1, 0.15) is 34.3 Å². The Balaban J connectivity index is 2.47. The largest absolute Gasteiger partial charge is 0.301 e. The first-order valence-electron chi connectivity index (χ1n) is 7.81. The minimum atomic E-state index is 0.126. The smallest absolute Gasteiger partial charge is 0.0991 e. The van der Waals surface area contributed by atoms with Crippen LogP contribution in [0.25, 0.3) is 0 Å². The maximum absolute atomic E-state index is 9.01. The molecule has 0 radical (unpaired) electrons. The van der Waals surface area contributed by atoms with Gasteiger partial charge in [0.05, 0.1) is 35.3 Å². The van der Waals surface area contributed by atoms with Crippen molar-refractivity contribution in [1.82, 2.24) is 9.80 Å². The number of likely N-dealkylation sites (N-methyl/N-ethyl adjacent to an activating group) is 2. The molecule has 0 amide bonds.